The van der Waals surface area contributed by atoms with Gasteiger partial charge < -0.3 is 5.73 Å². The average molecular weight is 328 g/mol. The van der Waals surface area contributed by atoms with Crippen LogP contribution in [0, 0.1) is 17.0 Å². The second-order valence-corrected chi connectivity index (χ2v) is 5.80. The predicted octanol–water partition coefficient (Wildman–Crippen LogP) is 3.49. The van der Waals surface area contributed by atoms with Crippen molar-refractivity contribution in [3.8, 4) is 0 Å². The van der Waals surface area contributed by atoms with Crippen molar-refractivity contribution in [3.05, 3.63) is 75.3 Å². The zero-order valence-corrected chi connectivity index (χ0v) is 13.4. The first kappa shape index (κ1) is 16.7. The van der Waals surface area contributed by atoms with E-state index in [0.717, 1.165) is 11.3 Å². The zero-order valence-electron chi connectivity index (χ0n) is 12.5. The van der Waals surface area contributed by atoms with Crippen molar-refractivity contribution < 1.29 is 4.92 Å². The molecule has 0 fully saturated rings. The standard InChI is InChI=1S/C16H16N4O2S/c1-12-3-2-4-14(9-12)11-23-16(17)19-18-10-13-5-7-15(8-6-13)20(21)22/h2-10H,11H2,1H3,(H2,17,19)/b18-10+. The number of hydrogen-bond acceptors (Lipinski definition) is 5. The molecule has 2 aromatic carbocycles. The van der Waals surface area contributed by atoms with E-state index >= 15 is 0 Å². The number of aryl methyl sites for hydroxylation is 1. The summed E-state index contributed by atoms with van der Waals surface area (Å²) in [4.78, 5) is 10.1. The van der Waals surface area contributed by atoms with Gasteiger partial charge >= 0.3 is 0 Å². The van der Waals surface area contributed by atoms with Gasteiger partial charge in [-0.15, -0.1) is 5.10 Å². The zero-order chi connectivity index (χ0) is 16.7. The van der Waals surface area contributed by atoms with Crippen molar-refractivity contribution in [3.63, 3.8) is 0 Å². The highest BCUT2D eigenvalue weighted by Crippen LogP contribution is 2.14. The van der Waals surface area contributed by atoms with Crippen LogP contribution in [-0.2, 0) is 5.75 Å². The molecular formula is C16H16N4O2S. The SMILES string of the molecule is Cc1cccc(CS/C(N)=N/N=C/c2ccc([N+](=O)[O-])cc2)c1. The van der Waals surface area contributed by atoms with Gasteiger partial charge in [0.05, 0.1) is 11.1 Å². The van der Waals surface area contributed by atoms with Gasteiger partial charge in [0.2, 0.25) is 0 Å². The van der Waals surface area contributed by atoms with Gasteiger partial charge in [-0.2, -0.15) is 5.10 Å². The molecule has 0 aliphatic carbocycles. The van der Waals surface area contributed by atoms with Crippen molar-refractivity contribution >= 4 is 28.8 Å². The van der Waals surface area contributed by atoms with Crippen LogP contribution in [0.4, 0.5) is 5.69 Å². The fraction of sp³-hybridized carbons (Fsp3) is 0.125. The molecule has 23 heavy (non-hydrogen) atoms. The number of amidine groups is 1. The Kier molecular flexibility index (Phi) is 5.87. The molecule has 0 spiro atoms. The van der Waals surface area contributed by atoms with E-state index in [1.165, 1.54) is 41.2 Å². The molecule has 0 aromatic heterocycles. The molecule has 0 bridgehead atoms. The Morgan fingerprint density at radius 2 is 2.04 bits per heavy atom. The smallest absolute Gasteiger partial charge is 0.269 e. The summed E-state index contributed by atoms with van der Waals surface area (Å²) in [6, 6.07) is 14.2. The molecular weight excluding hydrogens is 312 g/mol. The number of benzene rings is 2. The minimum atomic E-state index is -0.445. The molecule has 0 radical (unpaired) electrons. The number of nitrogens with zero attached hydrogens (tertiary/aromatic N) is 3. The summed E-state index contributed by atoms with van der Waals surface area (Å²) >= 11 is 1.40. The summed E-state index contributed by atoms with van der Waals surface area (Å²) in [5.74, 6) is 0.726. The minimum absolute atomic E-state index is 0.0406. The number of nitro groups is 1. The van der Waals surface area contributed by atoms with E-state index < -0.39 is 4.92 Å². The monoisotopic (exact) mass is 328 g/mol. The molecule has 7 heteroatoms. The Labute approximate surface area is 138 Å². The summed E-state index contributed by atoms with van der Waals surface area (Å²) in [5, 5.41) is 18.7. The summed E-state index contributed by atoms with van der Waals surface area (Å²) in [6.45, 7) is 2.04. The van der Waals surface area contributed by atoms with E-state index in [-0.39, 0.29) is 5.69 Å². The first-order valence-corrected chi connectivity index (χ1v) is 7.82. The Hall–Kier alpha value is -2.67. The average Bonchev–Trinajstić information content (AvgIpc) is 2.53. The lowest BCUT2D eigenvalue weighted by Crippen LogP contribution is -2.06. The van der Waals surface area contributed by atoms with E-state index in [1.807, 2.05) is 25.1 Å². The van der Waals surface area contributed by atoms with E-state index in [1.54, 1.807) is 12.1 Å². The van der Waals surface area contributed by atoms with Crippen LogP contribution in [-0.4, -0.2) is 16.3 Å². The lowest BCUT2D eigenvalue weighted by atomic mass is 10.2. The third kappa shape index (κ3) is 5.55. The van der Waals surface area contributed by atoms with Crippen LogP contribution in [0.2, 0.25) is 0 Å². The second-order valence-electron chi connectivity index (χ2n) is 4.81. The van der Waals surface area contributed by atoms with Gasteiger partial charge in [0.15, 0.2) is 5.17 Å². The number of thioether (sulfide) groups is 1. The Morgan fingerprint density at radius 1 is 1.30 bits per heavy atom. The Balaban J connectivity index is 1.89. The van der Waals surface area contributed by atoms with Gasteiger partial charge in [-0.05, 0) is 30.2 Å². The fourth-order valence-electron chi connectivity index (χ4n) is 1.82. The van der Waals surface area contributed by atoms with Crippen LogP contribution < -0.4 is 5.73 Å². The largest absolute Gasteiger partial charge is 0.377 e. The van der Waals surface area contributed by atoms with Gasteiger partial charge in [-0.3, -0.25) is 10.1 Å². The Morgan fingerprint density at radius 3 is 2.70 bits per heavy atom. The number of non-ortho nitro benzene ring substituents is 1. The maximum Gasteiger partial charge on any atom is 0.269 e. The highest BCUT2D eigenvalue weighted by atomic mass is 32.2. The highest BCUT2D eigenvalue weighted by molar-refractivity contribution is 8.13. The molecule has 0 aliphatic heterocycles. The van der Waals surface area contributed by atoms with E-state index in [9.17, 15) is 10.1 Å². The molecule has 118 valence electrons. The highest BCUT2D eigenvalue weighted by Gasteiger charge is 2.02. The molecule has 6 nitrogen and oxygen atoms in total. The predicted molar refractivity (Wildman–Crippen MR) is 94.8 cm³/mol. The van der Waals surface area contributed by atoms with Crippen LogP contribution >= 0.6 is 11.8 Å². The van der Waals surface area contributed by atoms with Gasteiger partial charge in [0.1, 0.15) is 0 Å². The summed E-state index contributed by atoms with van der Waals surface area (Å²) in [6.07, 6.45) is 1.50. The van der Waals surface area contributed by atoms with Gasteiger partial charge in [0, 0.05) is 17.9 Å². The van der Waals surface area contributed by atoms with Gasteiger partial charge in [-0.1, -0.05) is 41.6 Å². The molecule has 0 aliphatic rings. The van der Waals surface area contributed by atoms with Gasteiger partial charge in [0.25, 0.3) is 5.69 Å². The third-order valence-corrected chi connectivity index (χ3v) is 3.79. The second kappa shape index (κ2) is 8.09. The third-order valence-electron chi connectivity index (χ3n) is 2.94. The van der Waals surface area contributed by atoms with E-state index in [2.05, 4.69) is 16.3 Å². The quantitative estimate of drug-likeness (QED) is 0.393. The molecule has 2 rings (SSSR count). The summed E-state index contributed by atoms with van der Waals surface area (Å²) in [5.41, 5.74) is 8.93. The molecule has 0 unspecified atom stereocenters. The summed E-state index contributed by atoms with van der Waals surface area (Å²) in [7, 11) is 0. The van der Waals surface area contributed by atoms with Crippen molar-refractivity contribution in [2.45, 2.75) is 12.7 Å². The molecule has 0 amide bonds. The van der Waals surface area contributed by atoms with Crippen molar-refractivity contribution in [2.75, 3.05) is 0 Å². The first-order chi connectivity index (χ1) is 11.0. The summed E-state index contributed by atoms with van der Waals surface area (Å²) < 4.78 is 0. The molecule has 0 saturated heterocycles. The lowest BCUT2D eigenvalue weighted by molar-refractivity contribution is -0.384. The Bertz CT molecular complexity index is 742. The van der Waals surface area contributed by atoms with Crippen LogP contribution in [0.3, 0.4) is 0 Å². The van der Waals surface area contributed by atoms with E-state index in [4.69, 9.17) is 5.73 Å². The fourth-order valence-corrected chi connectivity index (χ4v) is 2.42. The molecule has 2 N–H and O–H groups in total. The molecule has 0 saturated carbocycles. The maximum absolute atomic E-state index is 10.6. The lowest BCUT2D eigenvalue weighted by Gasteiger charge is -2.01. The normalized spacial score (nSPS) is 11.8. The van der Waals surface area contributed by atoms with Crippen molar-refractivity contribution in [1.29, 1.82) is 0 Å². The van der Waals surface area contributed by atoms with Crippen LogP contribution in [0.1, 0.15) is 16.7 Å². The number of hydrogen-bond donors (Lipinski definition) is 1. The first-order valence-electron chi connectivity index (χ1n) is 6.84. The number of nitro benzene ring substituents is 1. The maximum atomic E-state index is 10.6. The topological polar surface area (TPSA) is 93.9 Å². The van der Waals surface area contributed by atoms with Gasteiger partial charge in [-0.25, -0.2) is 0 Å². The molecule has 2 aromatic rings. The van der Waals surface area contributed by atoms with Crippen LogP contribution in [0.5, 0.6) is 0 Å². The number of nitrogens with two attached hydrogens (primary N) is 1. The van der Waals surface area contributed by atoms with Crippen molar-refractivity contribution in [2.24, 2.45) is 15.9 Å². The molecule has 0 atom stereocenters. The van der Waals surface area contributed by atoms with Crippen molar-refractivity contribution in [1.82, 2.24) is 0 Å². The molecule has 0 heterocycles. The minimum Gasteiger partial charge on any atom is -0.377 e. The number of rotatable bonds is 5. The van der Waals surface area contributed by atoms with Crippen LogP contribution in [0.15, 0.2) is 58.7 Å². The van der Waals surface area contributed by atoms with E-state index in [0.29, 0.717) is 5.17 Å². The van der Waals surface area contributed by atoms with Crippen LogP contribution in [0.25, 0.3) is 0 Å².